The van der Waals surface area contributed by atoms with Gasteiger partial charge in [0.05, 0.1) is 5.92 Å². The van der Waals surface area contributed by atoms with Gasteiger partial charge in [-0.25, -0.2) is 0 Å². The van der Waals surface area contributed by atoms with Crippen molar-refractivity contribution in [2.45, 2.75) is 18.3 Å². The molecule has 2 unspecified atom stereocenters. The molecule has 2 nitrogen and oxygen atoms in total. The smallest absolute Gasteiger partial charge is 0.155 e. The van der Waals surface area contributed by atoms with E-state index in [0.29, 0.717) is 21.2 Å². The van der Waals surface area contributed by atoms with Crippen LogP contribution in [0.1, 0.15) is 29.4 Å². The Morgan fingerprint density at radius 2 is 1.73 bits per heavy atom. The van der Waals surface area contributed by atoms with Crippen LogP contribution in [-0.4, -0.2) is 11.6 Å². The second-order valence-electron chi connectivity index (χ2n) is 5.25. The van der Waals surface area contributed by atoms with Crippen LogP contribution in [0.5, 0.6) is 0 Å². The van der Waals surface area contributed by atoms with Gasteiger partial charge in [0.2, 0.25) is 0 Å². The van der Waals surface area contributed by atoms with Crippen LogP contribution in [0.4, 0.5) is 0 Å². The first kappa shape index (κ1) is 15.7. The normalized spacial score (nSPS) is 21.4. The molecule has 1 aliphatic carbocycles. The highest BCUT2D eigenvalue weighted by Crippen LogP contribution is 2.42. The summed E-state index contributed by atoms with van der Waals surface area (Å²) in [6.07, 6.45) is 0.173. The molecule has 3 rings (SSSR count). The molecule has 22 heavy (non-hydrogen) atoms. The van der Waals surface area contributed by atoms with Crippen molar-refractivity contribution < 1.29 is 9.59 Å². The van der Waals surface area contributed by atoms with E-state index in [-0.39, 0.29) is 18.0 Å². The Morgan fingerprint density at radius 1 is 1.00 bits per heavy atom. The summed E-state index contributed by atoms with van der Waals surface area (Å²) < 4.78 is 0.768. The number of hydrogen-bond acceptors (Lipinski definition) is 2. The fourth-order valence-electron chi connectivity index (χ4n) is 2.86. The van der Waals surface area contributed by atoms with Gasteiger partial charge in [-0.05, 0) is 29.3 Å². The van der Waals surface area contributed by atoms with E-state index in [1.165, 1.54) is 0 Å². The minimum absolute atomic E-state index is 0.0760. The molecule has 0 saturated heterocycles. The Bertz CT molecular complexity index is 773. The highest BCUT2D eigenvalue weighted by Gasteiger charge is 2.43. The summed E-state index contributed by atoms with van der Waals surface area (Å²) in [6.45, 7) is 0. The minimum Gasteiger partial charge on any atom is -0.298 e. The van der Waals surface area contributed by atoms with Crippen molar-refractivity contribution in [2.75, 3.05) is 0 Å². The van der Waals surface area contributed by atoms with Gasteiger partial charge in [0.25, 0.3) is 0 Å². The summed E-state index contributed by atoms with van der Waals surface area (Å²) >= 11 is 15.5. The minimum atomic E-state index is -0.729. The molecular weight excluding hydrogens is 387 g/mol. The fourth-order valence-corrected chi connectivity index (χ4v) is 3.92. The highest BCUT2D eigenvalue weighted by molar-refractivity contribution is 9.10. The number of Topliss-reactive ketones (excluding diaryl/α,β-unsaturated/α-hetero) is 2. The molecule has 1 fully saturated rings. The van der Waals surface area contributed by atoms with Crippen LogP contribution in [-0.2, 0) is 9.59 Å². The van der Waals surface area contributed by atoms with E-state index in [0.717, 1.165) is 4.47 Å². The molecule has 5 heteroatoms. The zero-order valence-corrected chi connectivity index (χ0v) is 14.5. The summed E-state index contributed by atoms with van der Waals surface area (Å²) in [4.78, 5) is 25.2. The standard InChI is InChI=1S/C17H11BrCl2O2/c18-13-4-2-1-3-11(13)16-15(21)8-12(17(16)22)10-6-5-9(19)7-14(10)20/h1-7,12,16H,8H2. The fraction of sp³-hybridized carbons (Fsp3) is 0.176. The molecule has 1 saturated carbocycles. The molecule has 2 aromatic rings. The number of carbonyl (C=O) groups is 2. The SMILES string of the molecule is O=C1CC(c2ccc(Cl)cc2Cl)C(=O)C1c1ccccc1Br. The van der Waals surface area contributed by atoms with E-state index in [4.69, 9.17) is 23.2 Å². The van der Waals surface area contributed by atoms with Crippen molar-refractivity contribution in [2.24, 2.45) is 0 Å². The summed E-state index contributed by atoms with van der Waals surface area (Å²) in [5, 5.41) is 0.930. The second-order valence-corrected chi connectivity index (χ2v) is 6.94. The van der Waals surface area contributed by atoms with Crippen LogP contribution in [0.3, 0.4) is 0 Å². The van der Waals surface area contributed by atoms with Crippen LogP contribution >= 0.6 is 39.1 Å². The number of carbonyl (C=O) groups excluding carboxylic acids is 2. The van der Waals surface area contributed by atoms with Gasteiger partial charge in [0.15, 0.2) is 5.78 Å². The van der Waals surface area contributed by atoms with Gasteiger partial charge in [-0.1, -0.05) is 63.4 Å². The van der Waals surface area contributed by atoms with Crippen molar-refractivity contribution in [1.29, 1.82) is 0 Å². The van der Waals surface area contributed by atoms with E-state index in [2.05, 4.69) is 15.9 Å². The predicted molar refractivity (Wildman–Crippen MR) is 90.7 cm³/mol. The lowest BCUT2D eigenvalue weighted by Gasteiger charge is -2.13. The van der Waals surface area contributed by atoms with E-state index >= 15 is 0 Å². The predicted octanol–water partition coefficient (Wildman–Crippen LogP) is 5.17. The summed E-state index contributed by atoms with van der Waals surface area (Å²) in [7, 11) is 0. The van der Waals surface area contributed by atoms with Gasteiger partial charge >= 0.3 is 0 Å². The zero-order chi connectivity index (χ0) is 15.9. The molecule has 0 bridgehead atoms. The molecule has 1 aliphatic rings. The lowest BCUT2D eigenvalue weighted by atomic mass is 9.91. The average molecular weight is 398 g/mol. The van der Waals surface area contributed by atoms with Crippen molar-refractivity contribution in [3.8, 4) is 0 Å². The maximum absolute atomic E-state index is 12.8. The quantitative estimate of drug-likeness (QED) is 0.655. The van der Waals surface area contributed by atoms with Crippen molar-refractivity contribution >= 4 is 50.7 Å². The number of benzene rings is 2. The van der Waals surface area contributed by atoms with Gasteiger partial charge in [-0.15, -0.1) is 0 Å². The molecule has 2 atom stereocenters. The first-order chi connectivity index (χ1) is 10.5. The maximum atomic E-state index is 12.8. The average Bonchev–Trinajstić information content (AvgIpc) is 2.75. The monoisotopic (exact) mass is 396 g/mol. The van der Waals surface area contributed by atoms with Gasteiger partial charge in [-0.2, -0.15) is 0 Å². The molecule has 0 aliphatic heterocycles. The van der Waals surface area contributed by atoms with Crippen LogP contribution < -0.4 is 0 Å². The Balaban J connectivity index is 2.00. The van der Waals surface area contributed by atoms with E-state index in [1.54, 1.807) is 24.3 Å². The van der Waals surface area contributed by atoms with Gasteiger partial charge in [0, 0.05) is 20.9 Å². The Labute approximate surface area is 146 Å². The number of rotatable bonds is 2. The molecule has 0 N–H and O–H groups in total. The Hall–Kier alpha value is -1.16. The van der Waals surface area contributed by atoms with Crippen LogP contribution in [0.25, 0.3) is 0 Å². The van der Waals surface area contributed by atoms with Crippen LogP contribution in [0.15, 0.2) is 46.9 Å². The highest BCUT2D eigenvalue weighted by atomic mass is 79.9. The van der Waals surface area contributed by atoms with Crippen molar-refractivity contribution in [3.63, 3.8) is 0 Å². The molecule has 0 radical (unpaired) electrons. The maximum Gasteiger partial charge on any atom is 0.155 e. The number of hydrogen-bond donors (Lipinski definition) is 0. The molecule has 0 aromatic heterocycles. The third-order valence-corrected chi connectivity index (χ3v) is 5.19. The summed E-state index contributed by atoms with van der Waals surface area (Å²) in [5.74, 6) is -1.42. The van der Waals surface area contributed by atoms with E-state index in [9.17, 15) is 9.59 Å². The lowest BCUT2D eigenvalue weighted by Crippen LogP contribution is -2.15. The largest absolute Gasteiger partial charge is 0.298 e. The van der Waals surface area contributed by atoms with Gasteiger partial charge in [-0.3, -0.25) is 9.59 Å². The lowest BCUT2D eigenvalue weighted by molar-refractivity contribution is -0.124. The molecule has 0 spiro atoms. The van der Waals surface area contributed by atoms with Gasteiger partial charge < -0.3 is 0 Å². The Morgan fingerprint density at radius 3 is 2.41 bits per heavy atom. The third-order valence-electron chi connectivity index (χ3n) is 3.91. The Kier molecular flexibility index (Phi) is 4.40. The number of ketones is 2. The zero-order valence-electron chi connectivity index (χ0n) is 11.4. The summed E-state index contributed by atoms with van der Waals surface area (Å²) in [6, 6.07) is 12.3. The van der Waals surface area contributed by atoms with Gasteiger partial charge in [0.1, 0.15) is 11.7 Å². The first-order valence-electron chi connectivity index (χ1n) is 6.75. The topological polar surface area (TPSA) is 34.1 Å². The van der Waals surface area contributed by atoms with Crippen LogP contribution in [0.2, 0.25) is 10.0 Å². The molecule has 0 amide bonds. The number of halogens is 3. The summed E-state index contributed by atoms with van der Waals surface area (Å²) in [5.41, 5.74) is 1.38. The van der Waals surface area contributed by atoms with E-state index < -0.39 is 11.8 Å². The van der Waals surface area contributed by atoms with Crippen LogP contribution in [0, 0.1) is 0 Å². The third kappa shape index (κ3) is 2.73. The van der Waals surface area contributed by atoms with Crippen molar-refractivity contribution in [3.05, 3.63) is 68.1 Å². The molecule has 2 aromatic carbocycles. The van der Waals surface area contributed by atoms with Crippen molar-refractivity contribution in [1.82, 2.24) is 0 Å². The first-order valence-corrected chi connectivity index (χ1v) is 8.29. The molecule has 0 heterocycles. The second kappa shape index (κ2) is 6.15. The molecule has 112 valence electrons. The van der Waals surface area contributed by atoms with E-state index in [1.807, 2.05) is 18.2 Å². The molecular formula is C17H11BrCl2O2.